The van der Waals surface area contributed by atoms with Gasteiger partial charge in [0.1, 0.15) is 0 Å². The van der Waals surface area contributed by atoms with Crippen LogP contribution in [0.25, 0.3) is 6.08 Å². The summed E-state index contributed by atoms with van der Waals surface area (Å²) >= 11 is 0. The van der Waals surface area contributed by atoms with Gasteiger partial charge in [-0.05, 0) is 12.0 Å². The highest BCUT2D eigenvalue weighted by Crippen LogP contribution is 1.97. The Hall–Kier alpha value is -1.08. The third-order valence-corrected chi connectivity index (χ3v) is 1.19. The van der Waals surface area contributed by atoms with Gasteiger partial charge in [-0.1, -0.05) is 49.9 Å². The monoisotopic (exact) mass is 163 g/mol. The van der Waals surface area contributed by atoms with Gasteiger partial charge in [0.25, 0.3) is 0 Å². The fourth-order valence-electron chi connectivity index (χ4n) is 0.589. The lowest BCUT2D eigenvalue weighted by Gasteiger charge is -1.85. The molecular weight excluding hydrogens is 148 g/mol. The van der Waals surface area contributed by atoms with E-state index in [0.717, 1.165) is 0 Å². The first-order valence-electron chi connectivity index (χ1n) is 3.92. The van der Waals surface area contributed by atoms with E-state index in [-0.39, 0.29) is 6.61 Å². The molecule has 0 heterocycles. The van der Waals surface area contributed by atoms with Crippen molar-refractivity contribution in [2.75, 3.05) is 6.61 Å². The maximum atomic E-state index is 7.81. The second-order valence-corrected chi connectivity index (χ2v) is 2.19. The molecule has 0 bridgehead atoms. The van der Waals surface area contributed by atoms with Crippen LogP contribution in [0, 0.1) is 6.92 Å². The van der Waals surface area contributed by atoms with E-state index >= 15 is 0 Å². The molecule has 0 fully saturated rings. The van der Waals surface area contributed by atoms with Gasteiger partial charge in [-0.2, -0.15) is 0 Å². The smallest absolute Gasteiger partial charge is 0.0431 e. The van der Waals surface area contributed by atoms with E-state index in [1.165, 1.54) is 5.56 Å². The van der Waals surface area contributed by atoms with E-state index in [9.17, 15) is 0 Å². The van der Waals surface area contributed by atoms with Crippen LogP contribution in [0.1, 0.15) is 12.0 Å². The molecule has 1 nitrogen and oxygen atoms in total. The third-order valence-electron chi connectivity index (χ3n) is 1.19. The number of hydrogen-bond donors (Lipinski definition) is 1. The molecule has 0 unspecified atom stereocenters. The molecule has 1 N–H and O–H groups in total. The number of benzene rings is 1. The molecule has 0 saturated carbocycles. The zero-order valence-corrected chi connectivity index (χ0v) is 7.24. The maximum Gasteiger partial charge on any atom is 0.0431 e. The Morgan fingerprint density at radius 3 is 2.00 bits per heavy atom. The molecule has 1 heteroatoms. The van der Waals surface area contributed by atoms with Gasteiger partial charge in [-0.3, -0.25) is 0 Å². The van der Waals surface area contributed by atoms with E-state index in [2.05, 4.69) is 13.5 Å². The molecule has 0 aliphatic carbocycles. The lowest BCUT2D eigenvalue weighted by atomic mass is 10.2. The lowest BCUT2D eigenvalue weighted by molar-refractivity contribution is 0.302. The fourth-order valence-corrected chi connectivity index (χ4v) is 0.589. The van der Waals surface area contributed by atoms with E-state index in [0.29, 0.717) is 6.42 Å². The predicted octanol–water partition coefficient (Wildman–Crippen LogP) is 2.53. The Morgan fingerprint density at radius 1 is 1.25 bits per heavy atom. The maximum absolute atomic E-state index is 7.81. The second-order valence-electron chi connectivity index (χ2n) is 2.19. The number of aliphatic hydroxyl groups excluding tert-OH is 1. The first-order valence-corrected chi connectivity index (χ1v) is 3.92. The summed E-state index contributed by atoms with van der Waals surface area (Å²) in [6.07, 6.45) is 2.46. The van der Waals surface area contributed by atoms with Gasteiger partial charge in [-0.25, -0.2) is 0 Å². The quantitative estimate of drug-likeness (QED) is 0.710. The second kappa shape index (κ2) is 8.02. The van der Waals surface area contributed by atoms with Gasteiger partial charge in [0.2, 0.25) is 0 Å². The molecule has 0 atom stereocenters. The molecule has 12 heavy (non-hydrogen) atoms. The van der Waals surface area contributed by atoms with Crippen molar-refractivity contribution in [1.82, 2.24) is 0 Å². The summed E-state index contributed by atoms with van der Waals surface area (Å²) in [5.74, 6) is 0. The van der Waals surface area contributed by atoms with Crippen LogP contribution in [0.5, 0.6) is 0 Å². The van der Waals surface area contributed by atoms with Crippen molar-refractivity contribution in [2.24, 2.45) is 0 Å². The van der Waals surface area contributed by atoms with E-state index < -0.39 is 0 Å². The molecule has 0 saturated heterocycles. The normalized spacial score (nSPS) is 8.17. The van der Waals surface area contributed by atoms with Crippen LogP contribution >= 0.6 is 0 Å². The zero-order valence-electron chi connectivity index (χ0n) is 7.24. The van der Waals surface area contributed by atoms with Gasteiger partial charge in [0, 0.05) is 6.61 Å². The average molecular weight is 163 g/mol. The summed E-state index contributed by atoms with van der Waals surface area (Å²) in [6, 6.07) is 10.0. The molecular formula is C11H15O. The van der Waals surface area contributed by atoms with Gasteiger partial charge in [-0.15, -0.1) is 0 Å². The lowest BCUT2D eigenvalue weighted by Crippen LogP contribution is -1.70. The summed E-state index contributed by atoms with van der Waals surface area (Å²) < 4.78 is 0. The zero-order chi connectivity index (χ0) is 9.23. The van der Waals surface area contributed by atoms with Crippen LogP contribution in [0.4, 0.5) is 0 Å². The van der Waals surface area contributed by atoms with Gasteiger partial charge in [0.05, 0.1) is 0 Å². The average Bonchev–Trinajstić information content (AvgIpc) is 2.19. The predicted molar refractivity (Wildman–Crippen MR) is 53.6 cm³/mol. The Morgan fingerprint density at radius 2 is 1.75 bits per heavy atom. The van der Waals surface area contributed by atoms with Gasteiger partial charge < -0.3 is 5.11 Å². The van der Waals surface area contributed by atoms with E-state index in [1.54, 1.807) is 0 Å². The molecule has 1 radical (unpaired) electrons. The van der Waals surface area contributed by atoms with Crippen LogP contribution in [-0.2, 0) is 0 Å². The van der Waals surface area contributed by atoms with Gasteiger partial charge >= 0.3 is 0 Å². The number of hydrogen-bond acceptors (Lipinski definition) is 1. The van der Waals surface area contributed by atoms with Crippen LogP contribution in [0.15, 0.2) is 36.9 Å². The molecule has 1 aromatic carbocycles. The van der Waals surface area contributed by atoms with Crippen molar-refractivity contribution >= 4 is 6.08 Å². The SMILES string of the molecule is C=Cc1ccccc1.[CH2]CCO. The molecule has 0 aromatic heterocycles. The summed E-state index contributed by atoms with van der Waals surface area (Å²) in [5, 5.41) is 7.81. The summed E-state index contributed by atoms with van der Waals surface area (Å²) in [6.45, 7) is 7.19. The highest BCUT2D eigenvalue weighted by Gasteiger charge is 1.75. The van der Waals surface area contributed by atoms with Crippen LogP contribution in [0.3, 0.4) is 0 Å². The Balaban J connectivity index is 0.000000261. The van der Waals surface area contributed by atoms with Crippen molar-refractivity contribution in [3.05, 3.63) is 49.4 Å². The molecule has 0 amide bonds. The van der Waals surface area contributed by atoms with Crippen molar-refractivity contribution in [1.29, 1.82) is 0 Å². The van der Waals surface area contributed by atoms with Gasteiger partial charge in [0.15, 0.2) is 0 Å². The summed E-state index contributed by atoms with van der Waals surface area (Å²) in [7, 11) is 0. The van der Waals surface area contributed by atoms with E-state index in [1.807, 2.05) is 36.4 Å². The van der Waals surface area contributed by atoms with Crippen LogP contribution in [-0.4, -0.2) is 11.7 Å². The molecule has 0 aliphatic heterocycles. The van der Waals surface area contributed by atoms with Crippen molar-refractivity contribution in [3.63, 3.8) is 0 Å². The largest absolute Gasteiger partial charge is 0.396 e. The highest BCUT2D eigenvalue weighted by molar-refractivity contribution is 5.45. The Labute approximate surface area is 74.4 Å². The standard InChI is InChI=1S/C8H8.C3H7O/c1-2-8-6-4-3-5-7-8;1-2-3-4/h2-7H,1H2;4H,1-3H2. The molecule has 1 aromatic rings. The minimum Gasteiger partial charge on any atom is -0.396 e. The first kappa shape index (κ1) is 10.9. The van der Waals surface area contributed by atoms with E-state index in [4.69, 9.17) is 5.11 Å². The Bertz CT molecular complexity index is 189. The van der Waals surface area contributed by atoms with Crippen molar-refractivity contribution in [2.45, 2.75) is 6.42 Å². The highest BCUT2D eigenvalue weighted by atomic mass is 16.2. The fraction of sp³-hybridized carbons (Fsp3) is 0.182. The number of rotatable bonds is 2. The van der Waals surface area contributed by atoms with Crippen molar-refractivity contribution < 1.29 is 5.11 Å². The molecule has 65 valence electrons. The number of aliphatic hydroxyl groups is 1. The van der Waals surface area contributed by atoms with Crippen LogP contribution < -0.4 is 0 Å². The van der Waals surface area contributed by atoms with Crippen LogP contribution in [0.2, 0.25) is 0 Å². The third kappa shape index (κ3) is 5.69. The summed E-state index contributed by atoms with van der Waals surface area (Å²) in [5.41, 5.74) is 1.17. The molecule has 0 spiro atoms. The molecule has 0 aliphatic rings. The molecule has 1 rings (SSSR count). The minimum absolute atomic E-state index is 0.208. The van der Waals surface area contributed by atoms with Crippen molar-refractivity contribution in [3.8, 4) is 0 Å². The Kier molecular flexibility index (Phi) is 7.30. The first-order chi connectivity index (χ1) is 5.85. The minimum atomic E-state index is 0.208. The summed E-state index contributed by atoms with van der Waals surface area (Å²) in [4.78, 5) is 0. The topological polar surface area (TPSA) is 20.2 Å².